The van der Waals surface area contributed by atoms with Crippen LogP contribution in [0.1, 0.15) is 37.0 Å². The van der Waals surface area contributed by atoms with Gasteiger partial charge in [0, 0.05) is 10.9 Å². The standard InChI is InChI=1S/C12H14ClFO/c1-3-8(4-2)12(15)10-7-9(13)5-6-11(10)14/h5-8H,3-4H2,1-2H3. The van der Waals surface area contributed by atoms with Crippen LogP contribution in [0.15, 0.2) is 18.2 Å². The molecule has 1 rings (SSSR count). The predicted octanol–water partition coefficient (Wildman–Crippen LogP) is 4.10. The summed E-state index contributed by atoms with van der Waals surface area (Å²) in [6.07, 6.45) is 1.45. The van der Waals surface area contributed by atoms with E-state index in [4.69, 9.17) is 11.6 Å². The second-order valence-electron chi connectivity index (χ2n) is 3.50. The lowest BCUT2D eigenvalue weighted by molar-refractivity contribution is 0.0909. The third-order valence-electron chi connectivity index (χ3n) is 2.55. The Morgan fingerprint density at radius 1 is 1.40 bits per heavy atom. The molecule has 0 aromatic heterocycles. The summed E-state index contributed by atoms with van der Waals surface area (Å²) in [4.78, 5) is 11.9. The van der Waals surface area contributed by atoms with Crippen molar-refractivity contribution in [2.24, 2.45) is 5.92 Å². The van der Waals surface area contributed by atoms with Gasteiger partial charge in [0.1, 0.15) is 5.82 Å². The van der Waals surface area contributed by atoms with E-state index in [2.05, 4.69) is 0 Å². The molecule has 1 aromatic rings. The van der Waals surface area contributed by atoms with Crippen molar-refractivity contribution < 1.29 is 9.18 Å². The molecule has 0 atom stereocenters. The van der Waals surface area contributed by atoms with Gasteiger partial charge in [0.15, 0.2) is 5.78 Å². The van der Waals surface area contributed by atoms with Gasteiger partial charge < -0.3 is 0 Å². The molecule has 0 N–H and O–H groups in total. The summed E-state index contributed by atoms with van der Waals surface area (Å²) in [6, 6.07) is 4.08. The van der Waals surface area contributed by atoms with E-state index in [0.717, 1.165) is 12.8 Å². The lowest BCUT2D eigenvalue weighted by Gasteiger charge is -2.11. The summed E-state index contributed by atoms with van der Waals surface area (Å²) >= 11 is 5.73. The predicted molar refractivity (Wildman–Crippen MR) is 59.8 cm³/mol. The minimum atomic E-state index is -0.490. The van der Waals surface area contributed by atoms with Gasteiger partial charge in [-0.25, -0.2) is 4.39 Å². The van der Waals surface area contributed by atoms with Gasteiger partial charge in [-0.3, -0.25) is 4.79 Å². The van der Waals surface area contributed by atoms with Crippen LogP contribution in [0, 0.1) is 11.7 Å². The minimum absolute atomic E-state index is 0.108. The first kappa shape index (κ1) is 12.2. The molecule has 0 amide bonds. The van der Waals surface area contributed by atoms with E-state index >= 15 is 0 Å². The highest BCUT2D eigenvalue weighted by Crippen LogP contribution is 2.21. The Morgan fingerprint density at radius 3 is 2.53 bits per heavy atom. The number of benzene rings is 1. The summed E-state index contributed by atoms with van der Waals surface area (Å²) in [5.41, 5.74) is 0.108. The summed E-state index contributed by atoms with van der Waals surface area (Å²) in [6.45, 7) is 3.85. The van der Waals surface area contributed by atoms with Crippen molar-refractivity contribution in [3.05, 3.63) is 34.6 Å². The maximum Gasteiger partial charge on any atom is 0.168 e. The zero-order chi connectivity index (χ0) is 11.4. The van der Waals surface area contributed by atoms with Crippen molar-refractivity contribution in [3.63, 3.8) is 0 Å². The fourth-order valence-corrected chi connectivity index (χ4v) is 1.74. The largest absolute Gasteiger partial charge is 0.294 e. The van der Waals surface area contributed by atoms with Gasteiger partial charge in [-0.15, -0.1) is 0 Å². The lowest BCUT2D eigenvalue weighted by atomic mass is 9.93. The van der Waals surface area contributed by atoms with Gasteiger partial charge in [0.25, 0.3) is 0 Å². The topological polar surface area (TPSA) is 17.1 Å². The third kappa shape index (κ3) is 2.78. The average Bonchev–Trinajstić information content (AvgIpc) is 2.23. The maximum absolute atomic E-state index is 13.4. The molecule has 1 nitrogen and oxygen atoms in total. The van der Waals surface area contributed by atoms with Crippen LogP contribution < -0.4 is 0 Å². The summed E-state index contributed by atoms with van der Waals surface area (Å²) < 4.78 is 13.4. The lowest BCUT2D eigenvalue weighted by Crippen LogP contribution is -2.14. The van der Waals surface area contributed by atoms with Crippen molar-refractivity contribution in [1.82, 2.24) is 0 Å². The molecule has 0 fully saturated rings. The zero-order valence-corrected chi connectivity index (χ0v) is 9.64. The Bertz CT molecular complexity index is 359. The third-order valence-corrected chi connectivity index (χ3v) is 2.79. The van der Waals surface area contributed by atoms with Crippen LogP contribution in [-0.2, 0) is 0 Å². The van der Waals surface area contributed by atoms with Crippen molar-refractivity contribution in [2.45, 2.75) is 26.7 Å². The molecule has 0 aliphatic rings. The number of carbonyl (C=O) groups excluding carboxylic acids is 1. The molecule has 0 spiro atoms. The smallest absolute Gasteiger partial charge is 0.168 e. The van der Waals surface area contributed by atoms with E-state index in [9.17, 15) is 9.18 Å². The summed E-state index contributed by atoms with van der Waals surface area (Å²) in [5.74, 6) is -0.755. The molecule has 0 aliphatic carbocycles. The number of halogens is 2. The first-order valence-corrected chi connectivity index (χ1v) is 5.47. The summed E-state index contributed by atoms with van der Waals surface area (Å²) in [5, 5.41) is 0.394. The van der Waals surface area contributed by atoms with Crippen LogP contribution in [0.2, 0.25) is 5.02 Å². The van der Waals surface area contributed by atoms with Gasteiger partial charge in [-0.1, -0.05) is 25.4 Å². The number of rotatable bonds is 4. The molecule has 0 bridgehead atoms. The number of ketones is 1. The first-order chi connectivity index (χ1) is 7.10. The normalized spacial score (nSPS) is 10.7. The minimum Gasteiger partial charge on any atom is -0.294 e. The second-order valence-corrected chi connectivity index (χ2v) is 3.94. The molecule has 0 heterocycles. The van der Waals surface area contributed by atoms with Crippen LogP contribution in [0.5, 0.6) is 0 Å². The second kappa shape index (κ2) is 5.26. The van der Waals surface area contributed by atoms with Crippen LogP contribution in [0.25, 0.3) is 0 Å². The van der Waals surface area contributed by atoms with E-state index in [1.54, 1.807) is 0 Å². The Hall–Kier alpha value is -0.890. The number of hydrogen-bond donors (Lipinski definition) is 0. The number of Topliss-reactive ketones (excluding diaryl/α,β-unsaturated/α-hetero) is 1. The quantitative estimate of drug-likeness (QED) is 0.710. The van der Waals surface area contributed by atoms with Gasteiger partial charge in [0.2, 0.25) is 0 Å². The zero-order valence-electron chi connectivity index (χ0n) is 8.89. The van der Waals surface area contributed by atoms with Gasteiger partial charge in [-0.2, -0.15) is 0 Å². The Balaban J connectivity index is 3.04. The Labute approximate surface area is 94.3 Å². The highest BCUT2D eigenvalue weighted by Gasteiger charge is 2.19. The highest BCUT2D eigenvalue weighted by molar-refractivity contribution is 6.31. The SMILES string of the molecule is CCC(CC)C(=O)c1cc(Cl)ccc1F. The van der Waals surface area contributed by atoms with Crippen molar-refractivity contribution >= 4 is 17.4 Å². The highest BCUT2D eigenvalue weighted by atomic mass is 35.5. The molecule has 15 heavy (non-hydrogen) atoms. The maximum atomic E-state index is 13.4. The molecule has 3 heteroatoms. The molecular weight excluding hydrogens is 215 g/mol. The molecule has 0 unspecified atom stereocenters. The van der Waals surface area contributed by atoms with E-state index < -0.39 is 5.82 Å². The van der Waals surface area contributed by atoms with E-state index in [0.29, 0.717) is 5.02 Å². The molecular formula is C12H14ClFO. The fourth-order valence-electron chi connectivity index (χ4n) is 1.57. The van der Waals surface area contributed by atoms with Crippen molar-refractivity contribution in [1.29, 1.82) is 0 Å². The fraction of sp³-hybridized carbons (Fsp3) is 0.417. The van der Waals surface area contributed by atoms with Crippen LogP contribution in [0.3, 0.4) is 0 Å². The van der Waals surface area contributed by atoms with Crippen molar-refractivity contribution in [3.8, 4) is 0 Å². The van der Waals surface area contributed by atoms with E-state index in [1.165, 1.54) is 18.2 Å². The Morgan fingerprint density at radius 2 is 2.00 bits per heavy atom. The average molecular weight is 229 g/mol. The first-order valence-electron chi connectivity index (χ1n) is 5.09. The van der Waals surface area contributed by atoms with Crippen molar-refractivity contribution in [2.75, 3.05) is 0 Å². The van der Waals surface area contributed by atoms with E-state index in [1.807, 2.05) is 13.8 Å². The molecule has 0 saturated heterocycles. The number of carbonyl (C=O) groups is 1. The van der Waals surface area contributed by atoms with Crippen LogP contribution >= 0.6 is 11.6 Å². The Kier molecular flexibility index (Phi) is 4.28. The molecule has 1 aromatic carbocycles. The van der Waals surface area contributed by atoms with Crippen LogP contribution in [0.4, 0.5) is 4.39 Å². The monoisotopic (exact) mass is 228 g/mol. The van der Waals surface area contributed by atoms with Gasteiger partial charge >= 0.3 is 0 Å². The van der Waals surface area contributed by atoms with Crippen LogP contribution in [-0.4, -0.2) is 5.78 Å². The summed E-state index contributed by atoms with van der Waals surface area (Å²) in [7, 11) is 0. The molecule has 0 saturated carbocycles. The molecule has 0 aliphatic heterocycles. The van der Waals surface area contributed by atoms with E-state index in [-0.39, 0.29) is 17.3 Å². The molecule has 0 radical (unpaired) electrons. The van der Waals surface area contributed by atoms with Gasteiger partial charge in [0.05, 0.1) is 5.56 Å². The number of hydrogen-bond acceptors (Lipinski definition) is 1. The van der Waals surface area contributed by atoms with Gasteiger partial charge in [-0.05, 0) is 31.0 Å². The molecule has 82 valence electrons.